The van der Waals surface area contributed by atoms with Crippen molar-refractivity contribution in [3.63, 3.8) is 0 Å². The van der Waals surface area contributed by atoms with Crippen molar-refractivity contribution in [2.75, 3.05) is 17.0 Å². The molecule has 1 aromatic carbocycles. The first-order valence-electron chi connectivity index (χ1n) is 6.81. The second kappa shape index (κ2) is 7.28. The predicted octanol–water partition coefficient (Wildman–Crippen LogP) is 0.983. The van der Waals surface area contributed by atoms with Crippen molar-refractivity contribution in [1.82, 2.24) is 9.88 Å². The average molecular weight is 377 g/mol. The summed E-state index contributed by atoms with van der Waals surface area (Å²) in [4.78, 5) is 0. The summed E-state index contributed by atoms with van der Waals surface area (Å²) >= 11 is 0. The monoisotopic (exact) mass is 377 g/mol. The maximum Gasteiger partial charge on any atom is 0.235 e. The van der Waals surface area contributed by atoms with E-state index in [1.807, 2.05) is 0 Å². The Balaban J connectivity index is 1.86. The average Bonchev–Trinajstić information content (AvgIpc) is 2.85. The maximum absolute atomic E-state index is 12.8. The molecule has 2 rings (SSSR count). The van der Waals surface area contributed by atoms with Crippen molar-refractivity contribution in [3.05, 3.63) is 47.5 Å². The molecule has 0 saturated heterocycles. The third kappa shape index (κ3) is 5.91. The van der Waals surface area contributed by atoms with E-state index in [-0.39, 0.29) is 18.1 Å². The number of hydrogen-bond donors (Lipinski definition) is 2. The fourth-order valence-electron chi connectivity index (χ4n) is 1.81. The molecule has 132 valence electrons. The molecule has 0 radical (unpaired) electrons. The Bertz CT molecular complexity index is 892. The Hall–Kier alpha value is -1.98. The fourth-order valence-corrected chi connectivity index (χ4v) is 3.97. The van der Waals surface area contributed by atoms with Crippen LogP contribution in [0.25, 0.3) is 0 Å². The molecule has 0 atom stereocenters. The van der Waals surface area contributed by atoms with Crippen molar-refractivity contribution in [3.8, 4) is 0 Å². The van der Waals surface area contributed by atoms with Crippen LogP contribution in [0, 0.1) is 12.7 Å². The van der Waals surface area contributed by atoms with E-state index in [1.165, 1.54) is 18.2 Å². The summed E-state index contributed by atoms with van der Waals surface area (Å²) in [6, 6.07) is 6.40. The van der Waals surface area contributed by atoms with E-state index in [4.69, 9.17) is 4.52 Å². The van der Waals surface area contributed by atoms with Gasteiger partial charge in [0.25, 0.3) is 0 Å². The van der Waals surface area contributed by atoms with Gasteiger partial charge in [-0.25, -0.2) is 25.9 Å². The molecule has 0 aliphatic rings. The summed E-state index contributed by atoms with van der Waals surface area (Å²) in [5.74, 6) is -0.844. The van der Waals surface area contributed by atoms with E-state index in [0.717, 1.165) is 12.1 Å². The molecular weight excluding hydrogens is 361 g/mol. The lowest BCUT2D eigenvalue weighted by molar-refractivity contribution is 0.400. The maximum atomic E-state index is 12.8. The minimum Gasteiger partial charge on any atom is -0.360 e. The zero-order valence-electron chi connectivity index (χ0n) is 12.7. The number of nitrogens with one attached hydrogen (secondary N) is 2. The SMILES string of the molecule is Cc1cc(NS(=O)(=O)CCNS(=O)(=O)Cc2ccc(F)cc2)no1. The van der Waals surface area contributed by atoms with Crippen LogP contribution in [0.3, 0.4) is 0 Å². The molecule has 0 aliphatic heterocycles. The number of hydrogen-bond acceptors (Lipinski definition) is 6. The zero-order chi connectivity index (χ0) is 17.8. The second-order valence-electron chi connectivity index (χ2n) is 5.02. The quantitative estimate of drug-likeness (QED) is 0.708. The van der Waals surface area contributed by atoms with Crippen molar-refractivity contribution >= 4 is 25.9 Å². The smallest absolute Gasteiger partial charge is 0.235 e. The number of sulfonamides is 2. The van der Waals surface area contributed by atoms with Gasteiger partial charge in [0.05, 0.1) is 11.5 Å². The number of halogens is 1. The zero-order valence-corrected chi connectivity index (χ0v) is 14.3. The van der Waals surface area contributed by atoms with Crippen molar-refractivity contribution in [2.24, 2.45) is 0 Å². The predicted molar refractivity (Wildman–Crippen MR) is 85.7 cm³/mol. The lowest BCUT2D eigenvalue weighted by atomic mass is 10.2. The molecule has 8 nitrogen and oxygen atoms in total. The molecule has 0 aliphatic carbocycles. The molecule has 0 spiro atoms. The first-order valence-corrected chi connectivity index (χ1v) is 10.1. The van der Waals surface area contributed by atoms with Gasteiger partial charge in [-0.05, 0) is 24.6 Å². The van der Waals surface area contributed by atoms with E-state index in [9.17, 15) is 21.2 Å². The van der Waals surface area contributed by atoms with Crippen LogP contribution < -0.4 is 9.44 Å². The van der Waals surface area contributed by atoms with Crippen LogP contribution in [-0.4, -0.2) is 34.3 Å². The Kier molecular flexibility index (Phi) is 5.57. The van der Waals surface area contributed by atoms with Crippen molar-refractivity contribution in [1.29, 1.82) is 0 Å². The summed E-state index contributed by atoms with van der Waals surface area (Å²) in [6.45, 7) is 1.30. The van der Waals surface area contributed by atoms with Crippen molar-refractivity contribution < 1.29 is 25.7 Å². The molecule has 0 fully saturated rings. The molecule has 2 aromatic rings. The Morgan fingerprint density at radius 2 is 1.79 bits per heavy atom. The summed E-state index contributed by atoms with van der Waals surface area (Å²) in [5.41, 5.74) is 0.392. The molecule has 0 unspecified atom stereocenters. The van der Waals surface area contributed by atoms with Gasteiger partial charge in [0.15, 0.2) is 5.82 Å². The Morgan fingerprint density at radius 3 is 2.38 bits per heavy atom. The van der Waals surface area contributed by atoms with Gasteiger partial charge in [-0.1, -0.05) is 17.3 Å². The van der Waals surface area contributed by atoms with Gasteiger partial charge in [-0.3, -0.25) is 4.72 Å². The Morgan fingerprint density at radius 1 is 1.12 bits per heavy atom. The number of nitrogens with zero attached hydrogens (tertiary/aromatic N) is 1. The molecule has 24 heavy (non-hydrogen) atoms. The third-order valence-corrected chi connectivity index (χ3v) is 5.47. The third-order valence-electron chi connectivity index (χ3n) is 2.85. The van der Waals surface area contributed by atoms with E-state index < -0.39 is 31.6 Å². The summed E-state index contributed by atoms with van der Waals surface area (Å²) in [7, 11) is -7.51. The molecule has 1 heterocycles. The van der Waals surface area contributed by atoms with E-state index in [1.54, 1.807) is 6.92 Å². The molecular formula is C13H16FN3O5S2. The highest BCUT2D eigenvalue weighted by atomic mass is 32.2. The highest BCUT2D eigenvalue weighted by Gasteiger charge is 2.16. The van der Waals surface area contributed by atoms with Gasteiger partial charge in [0.2, 0.25) is 20.0 Å². The fraction of sp³-hybridized carbons (Fsp3) is 0.308. The minimum atomic E-state index is -3.77. The van der Waals surface area contributed by atoms with Gasteiger partial charge in [0.1, 0.15) is 11.6 Å². The number of aromatic nitrogens is 1. The van der Waals surface area contributed by atoms with Crippen molar-refractivity contribution in [2.45, 2.75) is 12.7 Å². The topological polar surface area (TPSA) is 118 Å². The molecule has 0 bridgehead atoms. The minimum absolute atomic E-state index is 0.0293. The van der Waals surface area contributed by atoms with Gasteiger partial charge in [0, 0.05) is 12.6 Å². The van der Waals surface area contributed by atoms with Crippen LogP contribution >= 0.6 is 0 Å². The second-order valence-corrected chi connectivity index (χ2v) is 8.67. The van der Waals surface area contributed by atoms with E-state index in [2.05, 4.69) is 14.6 Å². The molecule has 11 heteroatoms. The first kappa shape index (κ1) is 18.4. The first-order chi connectivity index (χ1) is 11.2. The largest absolute Gasteiger partial charge is 0.360 e. The van der Waals surface area contributed by atoms with E-state index in [0.29, 0.717) is 11.3 Å². The van der Waals surface area contributed by atoms with Crippen LogP contribution in [0.2, 0.25) is 0 Å². The summed E-state index contributed by atoms with van der Waals surface area (Å²) in [6.07, 6.45) is 0. The standard InChI is InChI=1S/C13H16FN3O5S2/c1-10-8-13(16-22-10)17-23(18,19)7-6-15-24(20,21)9-11-2-4-12(14)5-3-11/h2-5,8,15H,6-7,9H2,1H3,(H,16,17). The van der Waals surface area contributed by atoms with Crippen LogP contribution in [0.5, 0.6) is 0 Å². The van der Waals surface area contributed by atoms with Crippen LogP contribution in [0.4, 0.5) is 10.2 Å². The Labute approximate surface area is 139 Å². The van der Waals surface area contributed by atoms with Crippen LogP contribution in [0.1, 0.15) is 11.3 Å². The molecule has 0 saturated carbocycles. The van der Waals surface area contributed by atoms with Gasteiger partial charge in [-0.15, -0.1) is 0 Å². The summed E-state index contributed by atoms with van der Waals surface area (Å²) in [5, 5.41) is 3.49. The lowest BCUT2D eigenvalue weighted by Crippen LogP contribution is -2.32. The lowest BCUT2D eigenvalue weighted by Gasteiger charge is -2.08. The number of rotatable bonds is 8. The van der Waals surface area contributed by atoms with Gasteiger partial charge < -0.3 is 4.52 Å². The molecule has 0 amide bonds. The molecule has 1 aromatic heterocycles. The number of anilines is 1. The number of aryl methyl sites for hydroxylation is 1. The van der Waals surface area contributed by atoms with Crippen LogP contribution in [-0.2, 0) is 25.8 Å². The van der Waals surface area contributed by atoms with E-state index >= 15 is 0 Å². The molecule has 2 N–H and O–H groups in total. The van der Waals surface area contributed by atoms with Gasteiger partial charge >= 0.3 is 0 Å². The highest BCUT2D eigenvalue weighted by Crippen LogP contribution is 2.09. The number of benzene rings is 1. The van der Waals surface area contributed by atoms with Crippen LogP contribution in [0.15, 0.2) is 34.9 Å². The van der Waals surface area contributed by atoms with Gasteiger partial charge in [-0.2, -0.15) is 0 Å². The summed E-state index contributed by atoms with van der Waals surface area (Å²) < 4.78 is 69.3. The highest BCUT2D eigenvalue weighted by molar-refractivity contribution is 7.92. The normalized spacial score (nSPS) is 12.2.